The summed E-state index contributed by atoms with van der Waals surface area (Å²) in [6.45, 7) is 1.88. The van der Waals surface area contributed by atoms with Gasteiger partial charge in [0.1, 0.15) is 10.6 Å². The van der Waals surface area contributed by atoms with Gasteiger partial charge in [-0.25, -0.2) is 8.42 Å². The van der Waals surface area contributed by atoms with Crippen molar-refractivity contribution in [1.82, 2.24) is 14.6 Å². The molecular weight excluding hydrogens is 454 g/mol. The largest absolute Gasteiger partial charge is 0.379 e. The molecule has 27 heavy (non-hydrogen) atoms. The van der Waals surface area contributed by atoms with Gasteiger partial charge in [-0.3, -0.25) is 4.79 Å². The molecule has 0 atom stereocenters. The monoisotopic (exact) mass is 473 g/mol. The molecule has 3 rings (SSSR count). The third-order valence-electron chi connectivity index (χ3n) is 3.98. The number of sulfonamides is 1. The number of hydrogen-bond donors (Lipinski definition) is 2. The van der Waals surface area contributed by atoms with Crippen LogP contribution >= 0.6 is 27.7 Å². The van der Waals surface area contributed by atoms with Gasteiger partial charge in [-0.05, 0) is 30.3 Å². The Labute approximate surface area is 171 Å². The molecule has 2 heterocycles. The number of ether oxygens (including phenoxy) is 1. The van der Waals surface area contributed by atoms with Crippen LogP contribution in [0.1, 0.15) is 10.5 Å². The van der Waals surface area contributed by atoms with Gasteiger partial charge in [-0.2, -0.15) is 4.31 Å². The van der Waals surface area contributed by atoms with Crippen LogP contribution in [0.15, 0.2) is 50.8 Å². The number of nitrogens with one attached hydrogen (secondary N) is 2. The van der Waals surface area contributed by atoms with Crippen LogP contribution in [0.4, 0.5) is 0 Å². The molecular formula is C17H20BrN3O4S2. The van der Waals surface area contributed by atoms with Gasteiger partial charge in [-0.15, -0.1) is 11.8 Å². The Morgan fingerprint density at radius 2 is 1.96 bits per heavy atom. The predicted octanol–water partition coefficient (Wildman–Crippen LogP) is 2.32. The van der Waals surface area contributed by atoms with Gasteiger partial charge in [0.15, 0.2) is 0 Å². The summed E-state index contributed by atoms with van der Waals surface area (Å²) in [4.78, 5) is 16.2. The first kappa shape index (κ1) is 20.4. The zero-order valence-electron chi connectivity index (χ0n) is 14.5. The Morgan fingerprint density at radius 1 is 1.26 bits per heavy atom. The van der Waals surface area contributed by atoms with Gasteiger partial charge < -0.3 is 15.0 Å². The number of carbonyl (C=O) groups excluding carboxylic acids is 1. The summed E-state index contributed by atoms with van der Waals surface area (Å²) in [5, 5.41) is 2.80. The van der Waals surface area contributed by atoms with E-state index in [1.807, 2.05) is 24.3 Å². The number of thioether (sulfide) groups is 1. The maximum absolute atomic E-state index is 12.6. The van der Waals surface area contributed by atoms with Crippen molar-refractivity contribution >= 4 is 43.6 Å². The second-order valence-electron chi connectivity index (χ2n) is 5.82. The van der Waals surface area contributed by atoms with E-state index in [0.29, 0.717) is 38.6 Å². The number of aromatic amines is 1. The smallest absolute Gasteiger partial charge is 0.267 e. The molecule has 0 saturated carbocycles. The lowest BCUT2D eigenvalue weighted by molar-refractivity contribution is 0.0730. The minimum Gasteiger partial charge on any atom is -0.379 e. The summed E-state index contributed by atoms with van der Waals surface area (Å²) in [5.74, 6) is 0.391. The number of carbonyl (C=O) groups is 1. The Balaban J connectivity index is 1.51. The lowest BCUT2D eigenvalue weighted by Gasteiger charge is -2.25. The van der Waals surface area contributed by atoms with Crippen LogP contribution in [0.2, 0.25) is 0 Å². The Morgan fingerprint density at radius 3 is 2.67 bits per heavy atom. The van der Waals surface area contributed by atoms with Gasteiger partial charge in [0, 0.05) is 41.0 Å². The minimum absolute atomic E-state index is 0.0961. The van der Waals surface area contributed by atoms with Crippen molar-refractivity contribution in [1.29, 1.82) is 0 Å². The summed E-state index contributed by atoms with van der Waals surface area (Å²) in [6.07, 6.45) is 1.36. The zero-order chi connectivity index (χ0) is 19.3. The molecule has 1 saturated heterocycles. The number of amides is 1. The highest BCUT2D eigenvalue weighted by Gasteiger charge is 2.27. The molecule has 7 nitrogen and oxygen atoms in total. The predicted molar refractivity (Wildman–Crippen MR) is 108 cm³/mol. The van der Waals surface area contributed by atoms with Crippen LogP contribution in [0.25, 0.3) is 0 Å². The van der Waals surface area contributed by atoms with E-state index >= 15 is 0 Å². The minimum atomic E-state index is -3.61. The molecule has 2 N–H and O–H groups in total. The number of aromatic nitrogens is 1. The van der Waals surface area contributed by atoms with E-state index in [1.54, 1.807) is 11.8 Å². The maximum Gasteiger partial charge on any atom is 0.267 e. The normalized spacial score (nSPS) is 15.6. The van der Waals surface area contributed by atoms with E-state index in [1.165, 1.54) is 16.6 Å². The number of rotatable bonds is 7. The summed E-state index contributed by atoms with van der Waals surface area (Å²) >= 11 is 5.03. The van der Waals surface area contributed by atoms with E-state index in [4.69, 9.17) is 4.74 Å². The summed E-state index contributed by atoms with van der Waals surface area (Å²) < 4.78 is 32.7. The molecule has 1 aliphatic heterocycles. The van der Waals surface area contributed by atoms with E-state index in [2.05, 4.69) is 26.2 Å². The third kappa shape index (κ3) is 5.35. The highest BCUT2D eigenvalue weighted by molar-refractivity contribution is 9.10. The standard InChI is InChI=1S/C17H20BrN3O4S2/c18-13-1-3-14(4-2-13)26-10-5-19-17(22)16-11-15(12-20-16)27(23,24)21-6-8-25-9-7-21/h1-4,11-12,20H,5-10H2,(H,19,22). The summed E-state index contributed by atoms with van der Waals surface area (Å²) in [7, 11) is -3.61. The number of hydrogen-bond acceptors (Lipinski definition) is 5. The first-order valence-electron chi connectivity index (χ1n) is 8.40. The van der Waals surface area contributed by atoms with Crippen molar-refractivity contribution in [2.75, 3.05) is 38.6 Å². The molecule has 0 unspecified atom stereocenters. The van der Waals surface area contributed by atoms with Crippen LogP contribution in [0.5, 0.6) is 0 Å². The third-order valence-corrected chi connectivity index (χ3v) is 7.40. The van der Waals surface area contributed by atoms with Gasteiger partial charge in [0.2, 0.25) is 10.0 Å². The number of benzene rings is 1. The molecule has 0 radical (unpaired) electrons. The van der Waals surface area contributed by atoms with E-state index in [-0.39, 0.29) is 16.5 Å². The van der Waals surface area contributed by atoms with Crippen LogP contribution in [0.3, 0.4) is 0 Å². The lowest BCUT2D eigenvalue weighted by atomic mass is 10.4. The number of H-pyrrole nitrogens is 1. The Bertz CT molecular complexity index is 878. The molecule has 1 amide bonds. The van der Waals surface area contributed by atoms with Crippen LogP contribution in [-0.2, 0) is 14.8 Å². The van der Waals surface area contributed by atoms with Gasteiger partial charge in [-0.1, -0.05) is 15.9 Å². The summed E-state index contributed by atoms with van der Waals surface area (Å²) in [6, 6.07) is 9.32. The second-order valence-corrected chi connectivity index (χ2v) is 9.85. The molecule has 1 aromatic carbocycles. The molecule has 0 aliphatic carbocycles. The molecule has 1 aromatic heterocycles. The van der Waals surface area contributed by atoms with Crippen molar-refractivity contribution < 1.29 is 17.9 Å². The Hall–Kier alpha value is -1.33. The second kappa shape index (κ2) is 9.24. The van der Waals surface area contributed by atoms with E-state index in [9.17, 15) is 13.2 Å². The number of halogens is 1. The first-order chi connectivity index (χ1) is 13.0. The molecule has 2 aromatic rings. The first-order valence-corrected chi connectivity index (χ1v) is 11.6. The van der Waals surface area contributed by atoms with Crippen molar-refractivity contribution in [2.45, 2.75) is 9.79 Å². The van der Waals surface area contributed by atoms with Gasteiger partial charge in [0.05, 0.1) is 13.2 Å². The van der Waals surface area contributed by atoms with Gasteiger partial charge in [0.25, 0.3) is 5.91 Å². The molecule has 146 valence electrons. The van der Waals surface area contributed by atoms with Crippen LogP contribution in [-0.4, -0.2) is 62.2 Å². The van der Waals surface area contributed by atoms with Crippen molar-refractivity contribution in [3.8, 4) is 0 Å². The average molecular weight is 474 g/mol. The van der Waals surface area contributed by atoms with Crippen LogP contribution < -0.4 is 5.32 Å². The number of nitrogens with zero attached hydrogens (tertiary/aromatic N) is 1. The quantitative estimate of drug-likeness (QED) is 0.475. The van der Waals surface area contributed by atoms with Gasteiger partial charge >= 0.3 is 0 Å². The molecule has 0 bridgehead atoms. The fourth-order valence-electron chi connectivity index (χ4n) is 2.55. The van der Waals surface area contributed by atoms with Crippen molar-refractivity contribution in [2.24, 2.45) is 0 Å². The topological polar surface area (TPSA) is 91.5 Å². The molecule has 10 heteroatoms. The van der Waals surface area contributed by atoms with Crippen molar-refractivity contribution in [3.05, 3.63) is 46.7 Å². The van der Waals surface area contributed by atoms with E-state index in [0.717, 1.165) is 9.37 Å². The highest BCUT2D eigenvalue weighted by Crippen LogP contribution is 2.20. The highest BCUT2D eigenvalue weighted by atomic mass is 79.9. The fourth-order valence-corrected chi connectivity index (χ4v) is 4.99. The lowest BCUT2D eigenvalue weighted by Crippen LogP contribution is -2.40. The SMILES string of the molecule is O=C(NCCSc1ccc(Br)cc1)c1cc(S(=O)(=O)N2CCOCC2)c[nH]1. The summed E-state index contributed by atoms with van der Waals surface area (Å²) in [5.41, 5.74) is 0.232. The van der Waals surface area contributed by atoms with E-state index < -0.39 is 10.0 Å². The Kier molecular flexibility index (Phi) is 6.99. The van der Waals surface area contributed by atoms with Crippen molar-refractivity contribution in [3.63, 3.8) is 0 Å². The maximum atomic E-state index is 12.6. The average Bonchev–Trinajstić information content (AvgIpc) is 3.18. The van der Waals surface area contributed by atoms with Crippen LogP contribution in [0, 0.1) is 0 Å². The molecule has 1 aliphatic rings. The number of morpholine rings is 1. The zero-order valence-corrected chi connectivity index (χ0v) is 17.7. The molecule has 1 fully saturated rings. The molecule has 0 spiro atoms. The fraction of sp³-hybridized carbons (Fsp3) is 0.353.